The lowest BCUT2D eigenvalue weighted by atomic mass is 9.90. The van der Waals surface area contributed by atoms with Crippen molar-refractivity contribution >= 4 is 23.5 Å². The van der Waals surface area contributed by atoms with Gasteiger partial charge in [-0.3, -0.25) is 14.9 Å². The number of amides is 4. The van der Waals surface area contributed by atoms with Crippen LogP contribution in [0.4, 0.5) is 10.5 Å². The summed E-state index contributed by atoms with van der Waals surface area (Å²) in [6, 6.07) is 4.97. The molecule has 0 aromatic heterocycles. The number of anilines is 1. The maximum atomic E-state index is 12.9. The Morgan fingerprint density at radius 3 is 2.67 bits per heavy atom. The van der Waals surface area contributed by atoms with E-state index < -0.39 is 17.5 Å². The fourth-order valence-electron chi connectivity index (χ4n) is 3.15. The van der Waals surface area contributed by atoms with Crippen molar-refractivity contribution in [2.24, 2.45) is 5.92 Å². The maximum Gasteiger partial charge on any atom is 0.323 e. The van der Waals surface area contributed by atoms with Gasteiger partial charge in [-0.1, -0.05) is 17.7 Å². The van der Waals surface area contributed by atoms with Crippen LogP contribution >= 0.6 is 0 Å². The summed E-state index contributed by atoms with van der Waals surface area (Å²) in [6.07, 6.45) is 2.22. The zero-order valence-corrected chi connectivity index (χ0v) is 11.6. The summed E-state index contributed by atoms with van der Waals surface area (Å²) in [4.78, 5) is 38.4. The number of aryl methyl sites for hydroxylation is 1. The van der Waals surface area contributed by atoms with E-state index in [1.165, 1.54) is 0 Å². The molecule has 6 nitrogen and oxygen atoms in total. The van der Waals surface area contributed by atoms with Crippen LogP contribution in [0.3, 0.4) is 0 Å². The second-order valence-electron chi connectivity index (χ2n) is 6.04. The van der Waals surface area contributed by atoms with Crippen LogP contribution in [0, 0.1) is 12.8 Å². The topological polar surface area (TPSA) is 78.5 Å². The number of hydrogen-bond donors (Lipinski definition) is 2. The van der Waals surface area contributed by atoms with Crippen LogP contribution in [0.15, 0.2) is 18.2 Å². The lowest BCUT2D eigenvalue weighted by Crippen LogP contribution is -2.52. The first-order chi connectivity index (χ1) is 10.0. The summed E-state index contributed by atoms with van der Waals surface area (Å²) in [6.45, 7) is 2.51. The number of benzene rings is 1. The minimum atomic E-state index is -1.58. The molecule has 1 unspecified atom stereocenters. The molecule has 2 fully saturated rings. The van der Waals surface area contributed by atoms with Crippen LogP contribution in [-0.4, -0.2) is 24.4 Å². The summed E-state index contributed by atoms with van der Waals surface area (Å²) in [5.41, 5.74) is 0.683. The van der Waals surface area contributed by atoms with E-state index in [0.717, 1.165) is 24.1 Å². The minimum Gasteiger partial charge on any atom is -0.312 e. The molecular weight excluding hydrogens is 270 g/mol. The SMILES string of the molecule is Cc1ccc2c(c1)C1(NC(=O)NC1=O)C(=O)N2CC1CC1. The highest BCUT2D eigenvalue weighted by molar-refractivity contribution is 6.27. The van der Waals surface area contributed by atoms with Gasteiger partial charge in [0.25, 0.3) is 11.8 Å². The van der Waals surface area contributed by atoms with E-state index in [1.54, 1.807) is 4.90 Å². The molecule has 2 heterocycles. The third-order valence-electron chi connectivity index (χ3n) is 4.42. The molecule has 21 heavy (non-hydrogen) atoms. The van der Waals surface area contributed by atoms with Crippen LogP contribution in [0.2, 0.25) is 0 Å². The average Bonchev–Trinajstić information content (AvgIpc) is 3.16. The van der Waals surface area contributed by atoms with Crippen LogP contribution in [0.1, 0.15) is 24.0 Å². The van der Waals surface area contributed by atoms with Crippen LogP contribution < -0.4 is 15.5 Å². The fraction of sp³-hybridized carbons (Fsp3) is 0.400. The van der Waals surface area contributed by atoms with E-state index in [0.29, 0.717) is 18.0 Å². The average molecular weight is 285 g/mol. The molecule has 2 N–H and O–H groups in total. The molecule has 1 aromatic carbocycles. The van der Waals surface area contributed by atoms with Gasteiger partial charge in [-0.15, -0.1) is 0 Å². The molecule has 0 radical (unpaired) electrons. The predicted molar refractivity (Wildman–Crippen MR) is 74.6 cm³/mol. The molecule has 108 valence electrons. The van der Waals surface area contributed by atoms with Gasteiger partial charge in [-0.05, 0) is 31.7 Å². The van der Waals surface area contributed by atoms with Gasteiger partial charge in [0.15, 0.2) is 0 Å². The number of rotatable bonds is 2. The van der Waals surface area contributed by atoms with E-state index in [9.17, 15) is 14.4 Å². The smallest absolute Gasteiger partial charge is 0.312 e. The lowest BCUT2D eigenvalue weighted by Gasteiger charge is -2.21. The summed E-state index contributed by atoms with van der Waals surface area (Å²) in [5.74, 6) is -0.431. The van der Waals surface area contributed by atoms with Crippen molar-refractivity contribution in [3.05, 3.63) is 29.3 Å². The Bertz CT molecular complexity index is 695. The van der Waals surface area contributed by atoms with Gasteiger partial charge < -0.3 is 10.2 Å². The molecule has 1 aromatic rings. The summed E-state index contributed by atoms with van der Waals surface area (Å²) in [7, 11) is 0. The minimum absolute atomic E-state index is 0.349. The number of imide groups is 1. The first kappa shape index (κ1) is 12.4. The fourth-order valence-corrected chi connectivity index (χ4v) is 3.15. The number of hydrogen-bond acceptors (Lipinski definition) is 3. The van der Waals surface area contributed by atoms with Crippen molar-refractivity contribution in [2.45, 2.75) is 25.3 Å². The molecule has 1 aliphatic carbocycles. The van der Waals surface area contributed by atoms with Crippen molar-refractivity contribution in [1.29, 1.82) is 0 Å². The Morgan fingerprint density at radius 1 is 1.29 bits per heavy atom. The molecule has 1 saturated heterocycles. The quantitative estimate of drug-likeness (QED) is 0.623. The Hall–Kier alpha value is -2.37. The molecule has 3 aliphatic rings. The summed E-state index contributed by atoms with van der Waals surface area (Å²) in [5, 5.41) is 4.74. The Balaban J connectivity index is 1.89. The van der Waals surface area contributed by atoms with Gasteiger partial charge in [0.05, 0.1) is 5.69 Å². The second-order valence-corrected chi connectivity index (χ2v) is 6.04. The number of urea groups is 1. The molecular formula is C15H15N3O3. The second kappa shape index (κ2) is 3.84. The maximum absolute atomic E-state index is 12.9. The predicted octanol–water partition coefficient (Wildman–Crippen LogP) is 0.786. The molecule has 1 saturated carbocycles. The first-order valence-electron chi connectivity index (χ1n) is 7.09. The third kappa shape index (κ3) is 1.55. The number of fused-ring (bicyclic) bond motifs is 2. The molecule has 1 atom stereocenters. The molecule has 4 amide bonds. The van der Waals surface area contributed by atoms with E-state index in [1.807, 2.05) is 25.1 Å². The van der Waals surface area contributed by atoms with Crippen molar-refractivity contribution in [3.8, 4) is 0 Å². The van der Waals surface area contributed by atoms with Crippen LogP contribution in [-0.2, 0) is 15.1 Å². The third-order valence-corrected chi connectivity index (χ3v) is 4.42. The number of carbonyl (C=O) groups is 3. The molecule has 0 bridgehead atoms. The van der Waals surface area contributed by atoms with Gasteiger partial charge in [0.1, 0.15) is 0 Å². The molecule has 6 heteroatoms. The normalized spacial score (nSPS) is 27.1. The lowest BCUT2D eigenvalue weighted by molar-refractivity contribution is -0.133. The Morgan fingerprint density at radius 2 is 2.05 bits per heavy atom. The number of nitrogens with zero attached hydrogens (tertiary/aromatic N) is 1. The zero-order valence-electron chi connectivity index (χ0n) is 11.6. The summed E-state index contributed by atoms with van der Waals surface area (Å²) < 4.78 is 0. The van der Waals surface area contributed by atoms with Crippen molar-refractivity contribution in [3.63, 3.8) is 0 Å². The molecule has 2 aliphatic heterocycles. The van der Waals surface area contributed by atoms with Gasteiger partial charge >= 0.3 is 6.03 Å². The molecule has 4 rings (SSSR count). The Labute approximate surface area is 121 Å². The number of nitrogens with one attached hydrogen (secondary N) is 2. The molecule has 1 spiro atoms. The van der Waals surface area contributed by atoms with Crippen molar-refractivity contribution in [2.75, 3.05) is 11.4 Å². The van der Waals surface area contributed by atoms with E-state index in [-0.39, 0.29) is 5.91 Å². The van der Waals surface area contributed by atoms with E-state index in [2.05, 4.69) is 10.6 Å². The van der Waals surface area contributed by atoms with Gasteiger partial charge in [0.2, 0.25) is 5.54 Å². The van der Waals surface area contributed by atoms with Crippen molar-refractivity contribution in [1.82, 2.24) is 10.6 Å². The van der Waals surface area contributed by atoms with Crippen molar-refractivity contribution < 1.29 is 14.4 Å². The largest absolute Gasteiger partial charge is 0.323 e. The Kier molecular flexibility index (Phi) is 2.26. The highest BCUT2D eigenvalue weighted by atomic mass is 16.2. The highest BCUT2D eigenvalue weighted by Crippen LogP contribution is 2.44. The number of carbonyl (C=O) groups excluding carboxylic acids is 3. The van der Waals surface area contributed by atoms with Crippen LogP contribution in [0.5, 0.6) is 0 Å². The zero-order chi connectivity index (χ0) is 14.8. The first-order valence-corrected chi connectivity index (χ1v) is 7.09. The van der Waals surface area contributed by atoms with Gasteiger partial charge in [0, 0.05) is 12.1 Å². The van der Waals surface area contributed by atoms with Gasteiger partial charge in [-0.25, -0.2) is 4.79 Å². The van der Waals surface area contributed by atoms with E-state index in [4.69, 9.17) is 0 Å². The van der Waals surface area contributed by atoms with E-state index >= 15 is 0 Å². The standard InChI is InChI=1S/C15H15N3O3/c1-8-2-5-11-10(6-8)15(12(19)16-14(21)17-15)13(20)18(11)7-9-3-4-9/h2,5-6,9H,3-4,7H2,1H3,(H2,16,17,19,21). The highest BCUT2D eigenvalue weighted by Gasteiger charge is 2.61. The monoisotopic (exact) mass is 285 g/mol. The van der Waals surface area contributed by atoms with Crippen LogP contribution in [0.25, 0.3) is 0 Å². The van der Waals surface area contributed by atoms with Gasteiger partial charge in [-0.2, -0.15) is 0 Å². The summed E-state index contributed by atoms with van der Waals surface area (Å²) >= 11 is 0.